The molecule has 188 valence electrons. The summed E-state index contributed by atoms with van der Waals surface area (Å²) in [4.78, 5) is 30.6. The highest BCUT2D eigenvalue weighted by Crippen LogP contribution is 2.21. The van der Waals surface area contributed by atoms with Crippen LogP contribution in [0.2, 0.25) is 0 Å². The van der Waals surface area contributed by atoms with Crippen LogP contribution in [-0.4, -0.2) is 56.9 Å². The average Bonchev–Trinajstić information content (AvgIpc) is 2.90. The molecule has 0 heterocycles. The SMILES string of the molecule is CCC(=NOCCOc1cccc(CC(=O)OC)c1)c1ccc(-c2ccc(C(=O)N(C)C)cc2)cc1. The van der Waals surface area contributed by atoms with Gasteiger partial charge in [-0.3, -0.25) is 9.59 Å². The zero-order valence-electron chi connectivity index (χ0n) is 21.2. The second kappa shape index (κ2) is 13.1. The van der Waals surface area contributed by atoms with Gasteiger partial charge in [0.1, 0.15) is 12.4 Å². The summed E-state index contributed by atoms with van der Waals surface area (Å²) in [5, 5.41) is 4.29. The van der Waals surface area contributed by atoms with Gasteiger partial charge in [0, 0.05) is 19.7 Å². The van der Waals surface area contributed by atoms with Crippen LogP contribution < -0.4 is 4.74 Å². The topological polar surface area (TPSA) is 77.4 Å². The van der Waals surface area contributed by atoms with Gasteiger partial charge in [-0.25, -0.2) is 0 Å². The summed E-state index contributed by atoms with van der Waals surface area (Å²) < 4.78 is 10.4. The van der Waals surface area contributed by atoms with E-state index in [0.717, 1.165) is 34.4 Å². The van der Waals surface area contributed by atoms with Crippen LogP contribution in [0.25, 0.3) is 11.1 Å². The molecule has 3 rings (SSSR count). The maximum Gasteiger partial charge on any atom is 0.309 e. The lowest BCUT2D eigenvalue weighted by Gasteiger charge is -2.11. The van der Waals surface area contributed by atoms with E-state index in [0.29, 0.717) is 24.5 Å². The molecular formula is C29H32N2O5. The Morgan fingerprint density at radius 2 is 1.50 bits per heavy atom. The molecule has 3 aromatic rings. The summed E-state index contributed by atoms with van der Waals surface area (Å²) in [5.74, 6) is 0.354. The van der Waals surface area contributed by atoms with Crippen molar-refractivity contribution >= 4 is 17.6 Å². The highest BCUT2D eigenvalue weighted by Gasteiger charge is 2.09. The van der Waals surface area contributed by atoms with Crippen molar-refractivity contribution in [1.29, 1.82) is 0 Å². The van der Waals surface area contributed by atoms with Gasteiger partial charge < -0.3 is 19.2 Å². The minimum atomic E-state index is -0.292. The third kappa shape index (κ3) is 7.43. The Labute approximate surface area is 212 Å². The van der Waals surface area contributed by atoms with Gasteiger partial charge in [0.15, 0.2) is 6.61 Å². The molecule has 0 aliphatic heterocycles. The van der Waals surface area contributed by atoms with Gasteiger partial charge in [-0.1, -0.05) is 60.6 Å². The lowest BCUT2D eigenvalue weighted by atomic mass is 10.0. The fourth-order valence-electron chi connectivity index (χ4n) is 3.54. The Bertz CT molecular complexity index is 1190. The first-order valence-corrected chi connectivity index (χ1v) is 11.8. The molecular weight excluding hydrogens is 456 g/mol. The highest BCUT2D eigenvalue weighted by molar-refractivity contribution is 6.00. The average molecular weight is 489 g/mol. The molecule has 0 radical (unpaired) electrons. The molecule has 1 amide bonds. The number of oxime groups is 1. The number of carbonyl (C=O) groups excluding carboxylic acids is 2. The molecule has 7 heteroatoms. The number of nitrogens with zero attached hydrogens (tertiary/aromatic N) is 2. The Kier molecular flexibility index (Phi) is 9.63. The van der Waals surface area contributed by atoms with Gasteiger partial charge >= 0.3 is 5.97 Å². The van der Waals surface area contributed by atoms with Gasteiger partial charge in [-0.2, -0.15) is 0 Å². The number of benzene rings is 3. The Morgan fingerprint density at radius 3 is 2.08 bits per heavy atom. The van der Waals surface area contributed by atoms with Crippen LogP contribution in [0.3, 0.4) is 0 Å². The van der Waals surface area contributed by atoms with Crippen molar-refractivity contribution < 1.29 is 23.9 Å². The van der Waals surface area contributed by atoms with Gasteiger partial charge in [0.2, 0.25) is 0 Å². The molecule has 0 aliphatic rings. The first kappa shape index (κ1) is 26.5. The minimum Gasteiger partial charge on any atom is -0.490 e. The molecule has 0 N–H and O–H groups in total. The molecule has 3 aromatic carbocycles. The number of methoxy groups -OCH3 is 1. The van der Waals surface area contributed by atoms with Crippen molar-refractivity contribution in [2.24, 2.45) is 5.16 Å². The van der Waals surface area contributed by atoms with E-state index in [2.05, 4.69) is 5.16 Å². The van der Waals surface area contributed by atoms with Gasteiger partial charge in [-0.05, 0) is 52.9 Å². The normalized spacial score (nSPS) is 11.1. The van der Waals surface area contributed by atoms with E-state index in [-0.39, 0.29) is 18.3 Å². The molecule has 0 unspecified atom stereocenters. The van der Waals surface area contributed by atoms with E-state index in [1.165, 1.54) is 7.11 Å². The predicted molar refractivity (Wildman–Crippen MR) is 140 cm³/mol. The quantitative estimate of drug-likeness (QED) is 0.165. The smallest absolute Gasteiger partial charge is 0.309 e. The van der Waals surface area contributed by atoms with Crippen LogP contribution >= 0.6 is 0 Å². The molecule has 0 fully saturated rings. The zero-order valence-corrected chi connectivity index (χ0v) is 21.2. The molecule has 0 saturated carbocycles. The number of hydrogen-bond acceptors (Lipinski definition) is 6. The number of ether oxygens (including phenoxy) is 2. The Hall–Kier alpha value is -4.13. The number of hydrogen-bond donors (Lipinski definition) is 0. The maximum absolute atomic E-state index is 12.1. The second-order valence-corrected chi connectivity index (χ2v) is 8.33. The largest absolute Gasteiger partial charge is 0.490 e. The predicted octanol–water partition coefficient (Wildman–Crippen LogP) is 4.98. The van der Waals surface area contributed by atoms with Gasteiger partial charge in [-0.15, -0.1) is 0 Å². The number of amides is 1. The third-order valence-electron chi connectivity index (χ3n) is 5.52. The van der Waals surface area contributed by atoms with Gasteiger partial charge in [0.25, 0.3) is 5.91 Å². The molecule has 0 aromatic heterocycles. The number of rotatable bonds is 11. The molecule has 0 aliphatic carbocycles. The van der Waals surface area contributed by atoms with Crippen molar-refractivity contribution in [1.82, 2.24) is 4.90 Å². The molecule has 36 heavy (non-hydrogen) atoms. The summed E-state index contributed by atoms with van der Waals surface area (Å²) in [6.07, 6.45) is 0.922. The van der Waals surface area contributed by atoms with E-state index < -0.39 is 0 Å². The van der Waals surface area contributed by atoms with Crippen LogP contribution in [0, 0.1) is 0 Å². The third-order valence-corrected chi connectivity index (χ3v) is 5.52. The van der Waals surface area contributed by atoms with Crippen molar-refractivity contribution in [3.05, 3.63) is 89.5 Å². The first-order chi connectivity index (χ1) is 17.4. The summed E-state index contributed by atoms with van der Waals surface area (Å²) in [7, 11) is 4.85. The van der Waals surface area contributed by atoms with E-state index in [1.807, 2.05) is 79.7 Å². The summed E-state index contributed by atoms with van der Waals surface area (Å²) in [6.45, 7) is 2.65. The molecule has 0 atom stereocenters. The first-order valence-electron chi connectivity index (χ1n) is 11.8. The van der Waals surface area contributed by atoms with Crippen molar-refractivity contribution in [3.63, 3.8) is 0 Å². The van der Waals surface area contributed by atoms with Crippen molar-refractivity contribution in [3.8, 4) is 16.9 Å². The Balaban J connectivity index is 1.53. The molecule has 7 nitrogen and oxygen atoms in total. The van der Waals surface area contributed by atoms with E-state index in [4.69, 9.17) is 14.3 Å². The van der Waals surface area contributed by atoms with Crippen LogP contribution in [0.15, 0.2) is 78.0 Å². The summed E-state index contributed by atoms with van der Waals surface area (Å²) >= 11 is 0. The monoisotopic (exact) mass is 488 g/mol. The maximum atomic E-state index is 12.1. The summed E-state index contributed by atoms with van der Waals surface area (Å²) in [6, 6.07) is 23.0. The lowest BCUT2D eigenvalue weighted by molar-refractivity contribution is -0.139. The van der Waals surface area contributed by atoms with Crippen LogP contribution in [0.4, 0.5) is 0 Å². The molecule has 0 bridgehead atoms. The van der Waals surface area contributed by atoms with Gasteiger partial charge in [0.05, 0.1) is 19.2 Å². The second-order valence-electron chi connectivity index (χ2n) is 8.33. The molecule has 0 saturated heterocycles. The van der Waals surface area contributed by atoms with Crippen molar-refractivity contribution in [2.75, 3.05) is 34.4 Å². The van der Waals surface area contributed by atoms with E-state index in [9.17, 15) is 9.59 Å². The Morgan fingerprint density at radius 1 is 0.861 bits per heavy atom. The zero-order chi connectivity index (χ0) is 25.9. The van der Waals surface area contributed by atoms with Crippen LogP contribution in [0.1, 0.15) is 34.8 Å². The van der Waals surface area contributed by atoms with Crippen molar-refractivity contribution in [2.45, 2.75) is 19.8 Å². The molecule has 0 spiro atoms. The van der Waals surface area contributed by atoms with Crippen LogP contribution in [0.5, 0.6) is 5.75 Å². The van der Waals surface area contributed by atoms with Crippen LogP contribution in [-0.2, 0) is 20.8 Å². The minimum absolute atomic E-state index is 0.0156. The lowest BCUT2D eigenvalue weighted by Crippen LogP contribution is -2.21. The standard InChI is InChI=1S/C29H32N2O5/c1-5-27(30-36-18-17-35-26-8-6-7-21(19-26)20-28(32)34-4)24-13-9-22(10-14-24)23-11-15-25(16-12-23)29(33)31(2)3/h6-16,19H,5,17-18,20H2,1-4H3. The number of carbonyl (C=O) groups is 2. The summed E-state index contributed by atoms with van der Waals surface area (Å²) in [5.41, 5.74) is 5.41. The highest BCUT2D eigenvalue weighted by atomic mass is 16.6. The number of esters is 1. The van der Waals surface area contributed by atoms with E-state index in [1.54, 1.807) is 19.0 Å². The van der Waals surface area contributed by atoms with E-state index >= 15 is 0 Å². The fourth-order valence-corrected chi connectivity index (χ4v) is 3.54. The fraction of sp³-hybridized carbons (Fsp3) is 0.276.